The number of alkyl halides is 3. The van der Waals surface area contributed by atoms with Gasteiger partial charge in [0.2, 0.25) is 6.73 Å². The zero-order valence-electron chi connectivity index (χ0n) is 19.3. The van der Waals surface area contributed by atoms with Crippen molar-refractivity contribution in [3.05, 3.63) is 79.0 Å². The average molecular weight is 524 g/mol. The van der Waals surface area contributed by atoms with Crippen LogP contribution in [0, 0.1) is 0 Å². The van der Waals surface area contributed by atoms with Crippen LogP contribution in [-0.4, -0.2) is 41.6 Å². The van der Waals surface area contributed by atoms with Gasteiger partial charge in [-0.1, -0.05) is 60.7 Å². The zero-order chi connectivity index (χ0) is 26.2. The summed E-state index contributed by atoms with van der Waals surface area (Å²) >= 11 is 0. The van der Waals surface area contributed by atoms with Crippen molar-refractivity contribution in [3.8, 4) is 17.0 Å². The van der Waals surface area contributed by atoms with E-state index in [1.807, 2.05) is 59.0 Å². The topological polar surface area (TPSA) is 97.4 Å². The van der Waals surface area contributed by atoms with Crippen molar-refractivity contribution in [2.24, 2.45) is 7.05 Å². The highest BCUT2D eigenvalue weighted by molar-refractivity contribution is 7.86. The minimum atomic E-state index is -6.09. The number of rotatable bonds is 8. The van der Waals surface area contributed by atoms with Gasteiger partial charge in [0.25, 0.3) is 0 Å². The van der Waals surface area contributed by atoms with Crippen LogP contribution in [0.5, 0.6) is 5.75 Å². The third kappa shape index (κ3) is 7.77. The van der Waals surface area contributed by atoms with Crippen LogP contribution in [-0.2, 0) is 28.6 Å². The predicted molar refractivity (Wildman–Crippen MR) is 125 cm³/mol. The summed E-state index contributed by atoms with van der Waals surface area (Å²) in [5, 5.41) is 6.87. The molecule has 0 amide bonds. The lowest BCUT2D eigenvalue weighted by Gasteiger charge is -2.08. The van der Waals surface area contributed by atoms with Crippen molar-refractivity contribution in [1.82, 2.24) is 9.90 Å². The summed E-state index contributed by atoms with van der Waals surface area (Å²) in [5.74, 6) is 0.894. The minimum Gasteiger partial charge on any atom is -0.741 e. The molecule has 1 heterocycles. The lowest BCUT2D eigenvalue weighted by molar-refractivity contribution is -0.786. The summed E-state index contributed by atoms with van der Waals surface area (Å²) in [6.07, 6.45) is 2.83. The Morgan fingerprint density at radius 2 is 1.61 bits per heavy atom. The molecule has 0 atom stereocenters. The molecule has 0 fully saturated rings. The number of hydrogen-bond donors (Lipinski definition) is 0. The normalized spacial score (nSPS) is 11.7. The molecule has 4 aromatic rings. The summed E-state index contributed by atoms with van der Waals surface area (Å²) in [7, 11) is -4.15. The summed E-state index contributed by atoms with van der Waals surface area (Å²) in [6, 6.07) is 24.7. The molecule has 192 valence electrons. The predicted octanol–water partition coefficient (Wildman–Crippen LogP) is 4.02. The highest BCUT2D eigenvalue weighted by atomic mass is 32.2. The van der Waals surface area contributed by atoms with Crippen LogP contribution in [0.1, 0.15) is 6.42 Å². The first kappa shape index (κ1) is 27.1. The van der Waals surface area contributed by atoms with Gasteiger partial charge in [-0.15, -0.1) is 9.36 Å². The van der Waals surface area contributed by atoms with Gasteiger partial charge in [-0.05, 0) is 22.9 Å². The third-order valence-corrected chi connectivity index (χ3v) is 5.44. The highest BCUT2D eigenvalue weighted by Gasteiger charge is 2.36. The number of nitrogens with zero attached hydrogens (tertiary/aromatic N) is 3. The van der Waals surface area contributed by atoms with Crippen molar-refractivity contribution in [3.63, 3.8) is 0 Å². The number of benzene rings is 3. The number of fused-ring (bicyclic) bond motifs is 1. The molecule has 0 radical (unpaired) electrons. The lowest BCUT2D eigenvalue weighted by Crippen LogP contribution is -2.37. The third-order valence-electron chi connectivity index (χ3n) is 4.87. The van der Waals surface area contributed by atoms with E-state index in [-0.39, 0.29) is 0 Å². The monoisotopic (exact) mass is 523 g/mol. The lowest BCUT2D eigenvalue weighted by atomic mass is 10.1. The van der Waals surface area contributed by atoms with Gasteiger partial charge >= 0.3 is 5.51 Å². The van der Waals surface area contributed by atoms with Gasteiger partial charge in [0, 0.05) is 12.0 Å². The van der Waals surface area contributed by atoms with Crippen molar-refractivity contribution >= 4 is 20.9 Å². The van der Waals surface area contributed by atoms with Gasteiger partial charge in [0.15, 0.2) is 22.0 Å². The minimum absolute atomic E-state index is 0.427. The molecule has 0 aliphatic rings. The highest BCUT2D eigenvalue weighted by Crippen LogP contribution is 2.21. The van der Waals surface area contributed by atoms with Crippen LogP contribution in [0.3, 0.4) is 0 Å². The van der Waals surface area contributed by atoms with E-state index < -0.39 is 15.6 Å². The van der Waals surface area contributed by atoms with E-state index in [2.05, 4.69) is 41.6 Å². The van der Waals surface area contributed by atoms with Crippen LogP contribution < -0.4 is 9.42 Å². The fourth-order valence-electron chi connectivity index (χ4n) is 3.17. The smallest absolute Gasteiger partial charge is 0.485 e. The van der Waals surface area contributed by atoms with Crippen molar-refractivity contribution in [2.75, 3.05) is 13.2 Å². The Balaban J connectivity index is 0.000000392. The molecular weight excluding hydrogens is 499 g/mol. The van der Waals surface area contributed by atoms with Crippen molar-refractivity contribution < 1.29 is 40.3 Å². The fourth-order valence-corrected chi connectivity index (χ4v) is 3.17. The molecule has 0 N–H and O–H groups in total. The molecule has 3 aromatic carbocycles. The van der Waals surface area contributed by atoms with Gasteiger partial charge in [0.1, 0.15) is 12.8 Å². The largest absolute Gasteiger partial charge is 0.741 e. The van der Waals surface area contributed by atoms with Crippen LogP contribution in [0.4, 0.5) is 13.2 Å². The maximum absolute atomic E-state index is 10.7. The van der Waals surface area contributed by atoms with E-state index in [0.717, 1.165) is 23.4 Å². The van der Waals surface area contributed by atoms with Crippen LogP contribution in [0.2, 0.25) is 0 Å². The maximum Gasteiger partial charge on any atom is 0.485 e. The molecule has 1 aromatic heterocycles. The summed E-state index contributed by atoms with van der Waals surface area (Å²) in [6.45, 7) is 1.68. The second kappa shape index (κ2) is 12.0. The molecule has 0 spiro atoms. The molecule has 0 saturated heterocycles. The molecule has 12 heteroatoms. The average Bonchev–Trinajstić information content (AvgIpc) is 3.21. The standard InChI is InChI=1S/C23H24N3O2.CHF3O3S/c1-25-23(20-9-3-2-4-10-20)17-26(24-25)18-27-14-7-15-28-22-13-12-19-8-5-6-11-21(19)16-22;2-1(3,4)8(5,6)7/h2-6,8-13,16-17H,7,14-15,18H2,1H3;(H,5,6,7)/q+1;/p-1. The zero-order valence-corrected chi connectivity index (χ0v) is 20.1. The number of aryl methyl sites for hydroxylation is 1. The molecule has 0 saturated carbocycles. The van der Waals surface area contributed by atoms with E-state index in [1.165, 1.54) is 10.8 Å². The van der Waals surface area contributed by atoms with Crippen LogP contribution in [0.15, 0.2) is 79.0 Å². The molecule has 0 aliphatic heterocycles. The second-order valence-electron chi connectivity index (χ2n) is 7.58. The van der Waals surface area contributed by atoms with E-state index in [4.69, 9.17) is 22.4 Å². The summed E-state index contributed by atoms with van der Waals surface area (Å²) in [5.41, 5.74) is -3.45. The van der Waals surface area contributed by atoms with Crippen molar-refractivity contribution in [1.29, 1.82) is 0 Å². The Bertz CT molecular complexity index is 1380. The first-order valence-electron chi connectivity index (χ1n) is 10.8. The number of ether oxygens (including phenoxy) is 2. The first-order chi connectivity index (χ1) is 17.0. The summed E-state index contributed by atoms with van der Waals surface area (Å²) in [4.78, 5) is 0. The van der Waals surface area contributed by atoms with Gasteiger partial charge in [-0.25, -0.2) is 8.42 Å². The Hall–Kier alpha value is -3.48. The summed E-state index contributed by atoms with van der Waals surface area (Å²) < 4.78 is 74.2. The van der Waals surface area contributed by atoms with Crippen LogP contribution in [0.25, 0.3) is 22.0 Å². The maximum atomic E-state index is 10.7. The Morgan fingerprint density at radius 1 is 0.972 bits per heavy atom. The molecule has 0 unspecified atom stereocenters. The van der Waals surface area contributed by atoms with Gasteiger partial charge in [-0.2, -0.15) is 13.2 Å². The van der Waals surface area contributed by atoms with Gasteiger partial charge < -0.3 is 14.0 Å². The second-order valence-corrected chi connectivity index (χ2v) is 8.95. The Morgan fingerprint density at radius 3 is 2.28 bits per heavy atom. The molecule has 0 aliphatic carbocycles. The fraction of sp³-hybridized carbons (Fsp3) is 0.250. The Kier molecular flexibility index (Phi) is 9.02. The molecule has 36 heavy (non-hydrogen) atoms. The number of aromatic nitrogens is 3. The Labute approximate surface area is 206 Å². The van der Waals surface area contributed by atoms with Crippen LogP contribution >= 0.6 is 0 Å². The SMILES string of the molecule is Cn1n[n+](COCCCOc2ccc3ccccc3c2)cc1-c1ccccc1.O=S(=O)([O-])C(F)(F)F. The molecule has 0 bridgehead atoms. The van der Waals surface area contributed by atoms with Gasteiger partial charge in [-0.3, -0.25) is 0 Å². The van der Waals surface area contributed by atoms with Gasteiger partial charge in [0.05, 0.1) is 18.4 Å². The van der Waals surface area contributed by atoms with E-state index in [9.17, 15) is 13.2 Å². The number of hydrogen-bond acceptors (Lipinski definition) is 6. The molecule has 8 nitrogen and oxygen atoms in total. The van der Waals surface area contributed by atoms with E-state index >= 15 is 0 Å². The molecule has 4 rings (SSSR count). The number of halogens is 3. The van der Waals surface area contributed by atoms with Crippen molar-refractivity contribution in [2.45, 2.75) is 18.7 Å². The molecular formula is C24H24F3N3O5S. The first-order valence-corrected chi connectivity index (χ1v) is 12.2. The van der Waals surface area contributed by atoms with E-state index in [0.29, 0.717) is 19.9 Å². The van der Waals surface area contributed by atoms with E-state index in [1.54, 1.807) is 0 Å². The quantitative estimate of drug-likeness (QED) is 0.150.